The molecule has 2 amide bonds. The molecular weight excluding hydrogens is 485 g/mol. The Bertz CT molecular complexity index is 1080. The number of nitro groups is 1. The second kappa shape index (κ2) is 11.4. The van der Waals surface area contributed by atoms with E-state index in [0.29, 0.717) is 43.3 Å². The van der Waals surface area contributed by atoms with Gasteiger partial charge < -0.3 is 19.4 Å². The van der Waals surface area contributed by atoms with Crippen molar-refractivity contribution in [2.45, 2.75) is 26.0 Å². The van der Waals surface area contributed by atoms with Gasteiger partial charge in [0.1, 0.15) is 22.6 Å². The van der Waals surface area contributed by atoms with E-state index in [9.17, 15) is 19.7 Å². The van der Waals surface area contributed by atoms with Gasteiger partial charge in [-0.25, -0.2) is 9.18 Å². The number of furan rings is 1. The van der Waals surface area contributed by atoms with Crippen LogP contribution in [0.5, 0.6) is 0 Å². The molecular formula is C22H27ClFN5O6. The van der Waals surface area contributed by atoms with Crippen LogP contribution in [0.4, 0.5) is 26.4 Å². The number of ether oxygens (including phenoxy) is 1. The lowest BCUT2D eigenvalue weighted by Crippen LogP contribution is -2.33. The summed E-state index contributed by atoms with van der Waals surface area (Å²) in [6.07, 6.45) is -0.287. The minimum Gasteiger partial charge on any atom is -0.442 e. The van der Waals surface area contributed by atoms with Gasteiger partial charge in [0.25, 0.3) is 0 Å². The highest BCUT2D eigenvalue weighted by Gasteiger charge is 2.33. The Morgan fingerprint density at radius 3 is 2.71 bits per heavy atom. The number of amides is 2. The molecule has 3 heterocycles. The van der Waals surface area contributed by atoms with Crippen molar-refractivity contribution in [3.8, 4) is 0 Å². The highest BCUT2D eigenvalue weighted by atomic mass is 35.5. The Morgan fingerprint density at radius 2 is 2.03 bits per heavy atom. The maximum atomic E-state index is 15.1. The summed E-state index contributed by atoms with van der Waals surface area (Å²) in [6.45, 7) is 4.86. The van der Waals surface area contributed by atoms with E-state index < -0.39 is 22.9 Å². The van der Waals surface area contributed by atoms with Crippen LogP contribution in [0.2, 0.25) is 0 Å². The number of rotatable bonds is 7. The summed E-state index contributed by atoms with van der Waals surface area (Å²) >= 11 is 0. The van der Waals surface area contributed by atoms with Crippen LogP contribution in [0.15, 0.2) is 34.7 Å². The summed E-state index contributed by atoms with van der Waals surface area (Å²) in [4.78, 5) is 38.9. The Kier molecular flexibility index (Phi) is 8.52. The van der Waals surface area contributed by atoms with Crippen molar-refractivity contribution in [2.75, 3.05) is 49.1 Å². The van der Waals surface area contributed by atoms with E-state index in [1.54, 1.807) is 18.2 Å². The van der Waals surface area contributed by atoms with E-state index in [1.165, 1.54) is 24.0 Å². The molecule has 0 bridgehead atoms. The van der Waals surface area contributed by atoms with Gasteiger partial charge in [-0.3, -0.25) is 24.7 Å². The van der Waals surface area contributed by atoms with Crippen LogP contribution in [0.3, 0.4) is 0 Å². The number of nitrogens with one attached hydrogen (secondary N) is 1. The summed E-state index contributed by atoms with van der Waals surface area (Å²) < 4.78 is 25.5. The molecule has 11 nitrogen and oxygen atoms in total. The number of carbonyl (C=O) groups excluding carboxylic acids is 2. The van der Waals surface area contributed by atoms with Crippen molar-refractivity contribution < 1.29 is 28.1 Å². The molecule has 2 aliphatic rings. The van der Waals surface area contributed by atoms with E-state index in [0.717, 1.165) is 13.0 Å². The summed E-state index contributed by atoms with van der Waals surface area (Å²) in [5.74, 6) is -0.418. The van der Waals surface area contributed by atoms with Crippen LogP contribution in [0.1, 0.15) is 19.1 Å². The van der Waals surface area contributed by atoms with Crippen molar-refractivity contribution in [1.29, 1.82) is 0 Å². The van der Waals surface area contributed by atoms with Gasteiger partial charge in [-0.1, -0.05) is 0 Å². The van der Waals surface area contributed by atoms with E-state index in [-0.39, 0.29) is 37.3 Å². The van der Waals surface area contributed by atoms with Gasteiger partial charge in [0.05, 0.1) is 37.1 Å². The monoisotopic (exact) mass is 511 g/mol. The molecule has 2 aromatic rings. The standard InChI is InChI=1S/C22H26FN5O6.ClH/c1-15(29)24-12-18-14-27(22(30)34-18)16-3-5-20(19(23)11-16)26-8-2-7-25(9-10-26)13-17-4-6-21(33-17)28(31)32;/h3-6,11,18H,2,7-10,12-14H2,1H3,(H,24,29);1H/t18-;/m0./s1. The lowest BCUT2D eigenvalue weighted by atomic mass is 10.2. The lowest BCUT2D eigenvalue weighted by Gasteiger charge is -2.24. The Labute approximate surface area is 207 Å². The zero-order chi connectivity index (χ0) is 24.2. The van der Waals surface area contributed by atoms with Gasteiger partial charge >= 0.3 is 12.0 Å². The number of hydrogen-bond donors (Lipinski definition) is 1. The second-order valence-electron chi connectivity index (χ2n) is 8.30. The summed E-state index contributed by atoms with van der Waals surface area (Å²) in [6, 6.07) is 7.61. The molecule has 4 rings (SSSR count). The third kappa shape index (κ3) is 6.40. The number of hydrogen-bond acceptors (Lipinski definition) is 8. The Balaban J connectivity index is 0.00000342. The first-order valence-corrected chi connectivity index (χ1v) is 11.0. The maximum Gasteiger partial charge on any atom is 0.433 e. The number of benzene rings is 1. The average Bonchev–Trinajstić information content (AvgIpc) is 3.34. The van der Waals surface area contributed by atoms with Crippen molar-refractivity contribution in [3.63, 3.8) is 0 Å². The quantitative estimate of drug-likeness (QED) is 0.445. The molecule has 0 saturated carbocycles. The molecule has 2 saturated heterocycles. The molecule has 1 N–H and O–H groups in total. The first-order chi connectivity index (χ1) is 16.3. The summed E-state index contributed by atoms with van der Waals surface area (Å²) in [7, 11) is 0. The third-order valence-electron chi connectivity index (χ3n) is 5.83. The van der Waals surface area contributed by atoms with Gasteiger partial charge in [0, 0.05) is 33.1 Å². The van der Waals surface area contributed by atoms with Crippen LogP contribution in [-0.4, -0.2) is 67.2 Å². The fourth-order valence-electron chi connectivity index (χ4n) is 4.16. The zero-order valence-electron chi connectivity index (χ0n) is 19.1. The van der Waals surface area contributed by atoms with Gasteiger partial charge in [-0.2, -0.15) is 0 Å². The van der Waals surface area contributed by atoms with Crippen LogP contribution in [0.25, 0.3) is 0 Å². The normalized spacial score (nSPS) is 18.6. The van der Waals surface area contributed by atoms with Crippen LogP contribution < -0.4 is 15.1 Å². The first kappa shape index (κ1) is 26.2. The number of halogens is 2. The highest BCUT2D eigenvalue weighted by molar-refractivity contribution is 5.90. The van der Waals surface area contributed by atoms with E-state index in [1.807, 2.05) is 4.90 Å². The fraction of sp³-hybridized carbons (Fsp3) is 0.455. The fourth-order valence-corrected chi connectivity index (χ4v) is 4.16. The van der Waals surface area contributed by atoms with E-state index >= 15 is 4.39 Å². The maximum absolute atomic E-state index is 15.1. The van der Waals surface area contributed by atoms with E-state index in [4.69, 9.17) is 9.15 Å². The number of cyclic esters (lactones) is 1. The van der Waals surface area contributed by atoms with Crippen molar-refractivity contribution >= 4 is 41.7 Å². The van der Waals surface area contributed by atoms with Gasteiger partial charge in [0.2, 0.25) is 5.91 Å². The SMILES string of the molecule is CC(=O)NC[C@H]1CN(c2ccc(N3CCCN(Cc4ccc([N+](=O)[O-])o4)CC3)c(F)c2)C(=O)O1.Cl. The Hall–Kier alpha value is -3.38. The number of carbonyl (C=O) groups is 2. The van der Waals surface area contributed by atoms with Gasteiger partial charge in [0.15, 0.2) is 0 Å². The zero-order valence-corrected chi connectivity index (χ0v) is 20.0. The van der Waals surface area contributed by atoms with Gasteiger partial charge in [-0.05, 0) is 30.7 Å². The minimum absolute atomic E-state index is 0. The predicted molar refractivity (Wildman–Crippen MR) is 127 cm³/mol. The molecule has 0 spiro atoms. The molecule has 13 heteroatoms. The molecule has 0 aliphatic carbocycles. The molecule has 2 aliphatic heterocycles. The summed E-state index contributed by atoms with van der Waals surface area (Å²) in [5.41, 5.74) is 0.842. The topological polar surface area (TPSA) is 121 Å². The third-order valence-corrected chi connectivity index (χ3v) is 5.83. The molecule has 0 unspecified atom stereocenters. The van der Waals surface area contributed by atoms with Crippen molar-refractivity contribution in [3.05, 3.63) is 52.0 Å². The lowest BCUT2D eigenvalue weighted by molar-refractivity contribution is -0.402. The van der Waals surface area contributed by atoms with Crippen molar-refractivity contribution in [2.24, 2.45) is 0 Å². The Morgan fingerprint density at radius 1 is 1.23 bits per heavy atom. The molecule has 1 aromatic carbocycles. The van der Waals surface area contributed by atoms with E-state index in [2.05, 4.69) is 10.2 Å². The molecule has 1 aromatic heterocycles. The van der Waals surface area contributed by atoms with Gasteiger partial charge in [-0.15, -0.1) is 12.4 Å². The summed E-state index contributed by atoms with van der Waals surface area (Å²) in [5, 5.41) is 13.4. The predicted octanol–water partition coefficient (Wildman–Crippen LogP) is 2.92. The van der Waals surface area contributed by atoms with Crippen LogP contribution >= 0.6 is 12.4 Å². The second-order valence-corrected chi connectivity index (χ2v) is 8.30. The first-order valence-electron chi connectivity index (χ1n) is 11.0. The average molecular weight is 512 g/mol. The highest BCUT2D eigenvalue weighted by Crippen LogP contribution is 2.29. The molecule has 2 fully saturated rings. The van der Waals surface area contributed by atoms with Crippen molar-refractivity contribution in [1.82, 2.24) is 10.2 Å². The van der Waals surface area contributed by atoms with Crippen LogP contribution in [-0.2, 0) is 16.1 Å². The smallest absolute Gasteiger partial charge is 0.433 e. The molecule has 35 heavy (non-hydrogen) atoms. The molecule has 190 valence electrons. The number of anilines is 2. The molecule has 0 radical (unpaired) electrons. The molecule has 1 atom stereocenters. The van der Waals surface area contributed by atoms with Crippen LogP contribution in [0, 0.1) is 15.9 Å². The number of nitrogens with zero attached hydrogens (tertiary/aromatic N) is 4. The largest absolute Gasteiger partial charge is 0.442 e. The minimum atomic E-state index is -0.578.